The maximum absolute atomic E-state index is 13.3. The van der Waals surface area contributed by atoms with E-state index in [9.17, 15) is 12.8 Å². The minimum Gasteiger partial charge on any atom is -0.303 e. The number of hydrogen-bond donors (Lipinski definition) is 0. The maximum Gasteiger partial charge on any atom is 0.244 e. The Morgan fingerprint density at radius 2 is 1.88 bits per heavy atom. The minimum atomic E-state index is -3.74. The molecule has 0 spiro atoms. The van der Waals surface area contributed by atoms with Gasteiger partial charge < -0.3 is 4.90 Å². The number of hydrogen-bond acceptors (Lipinski definition) is 4. The Balaban J connectivity index is 2.31. The minimum absolute atomic E-state index is 0.0880. The van der Waals surface area contributed by atoms with Gasteiger partial charge in [0.1, 0.15) is 5.82 Å². The molecule has 2 rings (SSSR count). The molecule has 0 bridgehead atoms. The molecule has 1 aromatic carbocycles. The summed E-state index contributed by atoms with van der Waals surface area (Å²) in [4.78, 5) is 3.24. The van der Waals surface area contributed by atoms with Gasteiger partial charge >= 0.3 is 0 Å². The number of halogens is 2. The third-order valence-corrected chi connectivity index (χ3v) is 7.67. The zero-order valence-electron chi connectivity index (χ0n) is 14.3. The summed E-state index contributed by atoms with van der Waals surface area (Å²) in [6.45, 7) is 7.18. The van der Waals surface area contributed by atoms with Gasteiger partial charge in [-0.3, -0.25) is 0 Å². The molecule has 0 aliphatic heterocycles. The largest absolute Gasteiger partial charge is 0.303 e. The molecule has 0 fully saturated rings. The number of benzene rings is 1. The summed E-state index contributed by atoms with van der Waals surface area (Å²) in [5.74, 6) is -0.473. The molecule has 0 aliphatic carbocycles. The second-order valence-electron chi connectivity index (χ2n) is 5.52. The normalized spacial score (nSPS) is 12.2. The van der Waals surface area contributed by atoms with Gasteiger partial charge in [-0.15, -0.1) is 11.3 Å². The number of likely N-dealkylation sites (N-methyl/N-ethyl adjacent to an activating group) is 1. The lowest BCUT2D eigenvalue weighted by Crippen LogP contribution is -2.38. The van der Waals surface area contributed by atoms with Crippen LogP contribution in [0.25, 0.3) is 0 Å². The van der Waals surface area contributed by atoms with Crippen molar-refractivity contribution in [1.82, 2.24) is 9.21 Å². The zero-order valence-corrected chi connectivity index (χ0v) is 17.5. The summed E-state index contributed by atoms with van der Waals surface area (Å²) in [7, 11) is -3.74. The van der Waals surface area contributed by atoms with E-state index in [0.29, 0.717) is 19.6 Å². The van der Waals surface area contributed by atoms with Crippen LogP contribution in [0.1, 0.15) is 18.7 Å². The van der Waals surface area contributed by atoms with Gasteiger partial charge in [-0.1, -0.05) is 19.9 Å². The first-order valence-corrected chi connectivity index (χ1v) is 11.2. The average molecular weight is 449 g/mol. The van der Waals surface area contributed by atoms with Crippen LogP contribution >= 0.6 is 27.3 Å². The average Bonchev–Trinajstić information content (AvgIpc) is 3.07. The molecule has 1 aromatic heterocycles. The quantitative estimate of drug-likeness (QED) is 0.577. The van der Waals surface area contributed by atoms with Gasteiger partial charge in [0, 0.05) is 29.0 Å². The van der Waals surface area contributed by atoms with Crippen LogP contribution in [-0.4, -0.2) is 43.8 Å². The van der Waals surface area contributed by atoms with E-state index >= 15 is 0 Å². The molecular formula is C17H22BrFN2O2S2. The summed E-state index contributed by atoms with van der Waals surface area (Å²) >= 11 is 4.71. The van der Waals surface area contributed by atoms with Crippen LogP contribution in [0.3, 0.4) is 0 Å². The fraction of sp³-hybridized carbons (Fsp3) is 0.412. The molecule has 25 heavy (non-hydrogen) atoms. The highest BCUT2D eigenvalue weighted by Crippen LogP contribution is 2.27. The van der Waals surface area contributed by atoms with Gasteiger partial charge in [0.2, 0.25) is 10.0 Å². The van der Waals surface area contributed by atoms with Crippen molar-refractivity contribution in [2.24, 2.45) is 0 Å². The first kappa shape index (κ1) is 20.5. The van der Waals surface area contributed by atoms with Crippen molar-refractivity contribution in [2.45, 2.75) is 25.3 Å². The third-order valence-electron chi connectivity index (χ3n) is 3.98. The molecule has 2 aromatic rings. The third kappa shape index (κ3) is 5.34. The van der Waals surface area contributed by atoms with Crippen molar-refractivity contribution in [3.8, 4) is 0 Å². The van der Waals surface area contributed by atoms with Crippen molar-refractivity contribution in [3.05, 3.63) is 50.9 Å². The van der Waals surface area contributed by atoms with E-state index in [-0.39, 0.29) is 9.37 Å². The summed E-state index contributed by atoms with van der Waals surface area (Å²) < 4.78 is 41.3. The second-order valence-corrected chi connectivity index (χ2v) is 9.31. The Bertz CT molecular complexity index is 778. The van der Waals surface area contributed by atoms with E-state index in [4.69, 9.17) is 0 Å². The van der Waals surface area contributed by atoms with Crippen LogP contribution < -0.4 is 0 Å². The molecule has 0 aliphatic rings. The van der Waals surface area contributed by atoms with E-state index in [1.54, 1.807) is 0 Å². The molecule has 1 heterocycles. The van der Waals surface area contributed by atoms with E-state index in [1.165, 1.54) is 33.8 Å². The predicted molar refractivity (Wildman–Crippen MR) is 104 cm³/mol. The van der Waals surface area contributed by atoms with Crippen LogP contribution in [-0.2, 0) is 16.6 Å². The SMILES string of the molecule is CCN(CC)CCN(Cc1cccs1)S(=O)(=O)c1ccc(F)cc1Br. The maximum atomic E-state index is 13.3. The second kappa shape index (κ2) is 9.23. The molecule has 0 saturated heterocycles. The lowest BCUT2D eigenvalue weighted by Gasteiger charge is -2.26. The first-order chi connectivity index (χ1) is 11.9. The predicted octanol–water partition coefficient (Wildman–Crippen LogP) is 4.18. The first-order valence-electron chi connectivity index (χ1n) is 8.08. The van der Waals surface area contributed by atoms with Gasteiger partial charge in [-0.05, 0) is 58.7 Å². The Kier molecular flexibility index (Phi) is 7.57. The monoisotopic (exact) mass is 448 g/mol. The van der Waals surface area contributed by atoms with Crippen molar-refractivity contribution in [3.63, 3.8) is 0 Å². The van der Waals surface area contributed by atoms with Crippen molar-refractivity contribution in [1.29, 1.82) is 0 Å². The van der Waals surface area contributed by atoms with Crippen molar-refractivity contribution in [2.75, 3.05) is 26.2 Å². The molecule has 0 amide bonds. The molecule has 4 nitrogen and oxygen atoms in total. The highest BCUT2D eigenvalue weighted by Gasteiger charge is 2.27. The fourth-order valence-corrected chi connectivity index (χ4v) is 5.70. The molecular weight excluding hydrogens is 427 g/mol. The van der Waals surface area contributed by atoms with Gasteiger partial charge in [0.15, 0.2) is 0 Å². The Hall–Kier alpha value is -0.800. The standard InChI is InChI=1S/C17H22BrFN2O2S2/c1-3-20(4-2)9-10-21(13-15-6-5-11-24-15)25(22,23)17-8-7-14(19)12-16(17)18/h5-8,11-12H,3-4,9-10,13H2,1-2H3. The molecule has 8 heteroatoms. The van der Waals surface area contributed by atoms with Crippen LogP contribution in [0.5, 0.6) is 0 Å². The van der Waals surface area contributed by atoms with Crippen molar-refractivity contribution >= 4 is 37.3 Å². The van der Waals surface area contributed by atoms with Gasteiger partial charge in [-0.2, -0.15) is 4.31 Å². The van der Waals surface area contributed by atoms with Crippen LogP contribution in [0.4, 0.5) is 4.39 Å². The highest BCUT2D eigenvalue weighted by atomic mass is 79.9. The fourth-order valence-electron chi connectivity index (χ4n) is 2.48. The highest BCUT2D eigenvalue weighted by molar-refractivity contribution is 9.10. The summed E-state index contributed by atoms with van der Waals surface area (Å²) in [6, 6.07) is 7.49. The topological polar surface area (TPSA) is 40.6 Å². The number of rotatable bonds is 9. The summed E-state index contributed by atoms with van der Waals surface area (Å²) in [5.41, 5.74) is 0. The van der Waals surface area contributed by atoms with E-state index < -0.39 is 15.8 Å². The lowest BCUT2D eigenvalue weighted by atomic mass is 10.3. The van der Waals surface area contributed by atoms with Crippen LogP contribution in [0, 0.1) is 5.82 Å². The smallest absolute Gasteiger partial charge is 0.244 e. The molecule has 0 radical (unpaired) electrons. The van der Waals surface area contributed by atoms with E-state index in [0.717, 1.165) is 18.0 Å². The molecule has 0 N–H and O–H groups in total. The van der Waals surface area contributed by atoms with Gasteiger partial charge in [-0.25, -0.2) is 12.8 Å². The Morgan fingerprint density at radius 3 is 2.44 bits per heavy atom. The number of sulfonamides is 1. The molecule has 0 unspecified atom stereocenters. The number of thiophene rings is 1. The van der Waals surface area contributed by atoms with Crippen LogP contribution in [0.2, 0.25) is 0 Å². The molecule has 138 valence electrons. The summed E-state index contributed by atoms with van der Waals surface area (Å²) in [5, 5.41) is 1.93. The van der Waals surface area contributed by atoms with Crippen LogP contribution in [0.15, 0.2) is 45.1 Å². The van der Waals surface area contributed by atoms with Gasteiger partial charge in [0.05, 0.1) is 4.90 Å². The Morgan fingerprint density at radius 1 is 1.16 bits per heavy atom. The van der Waals surface area contributed by atoms with E-state index in [1.807, 2.05) is 17.5 Å². The summed E-state index contributed by atoms with van der Waals surface area (Å²) in [6.07, 6.45) is 0. The Labute approximate surface area is 161 Å². The molecule has 0 saturated carbocycles. The van der Waals surface area contributed by atoms with Gasteiger partial charge in [0.25, 0.3) is 0 Å². The lowest BCUT2D eigenvalue weighted by molar-refractivity contribution is 0.269. The van der Waals surface area contributed by atoms with Crippen molar-refractivity contribution < 1.29 is 12.8 Å². The number of nitrogens with zero attached hydrogens (tertiary/aromatic N) is 2. The molecule has 0 atom stereocenters. The van der Waals surface area contributed by atoms with E-state index in [2.05, 4.69) is 34.7 Å². The zero-order chi connectivity index (χ0) is 18.4.